The van der Waals surface area contributed by atoms with Crippen molar-refractivity contribution in [3.8, 4) is 0 Å². The number of likely N-dealkylation sites (N-methyl/N-ethyl adjacent to an activating group) is 1. The van der Waals surface area contributed by atoms with Crippen LogP contribution in [0.15, 0.2) is 0 Å². The van der Waals surface area contributed by atoms with E-state index in [4.69, 9.17) is 5.11 Å². The number of carboxylic acid groups (broad SMARTS) is 2. The summed E-state index contributed by atoms with van der Waals surface area (Å²) in [7, 11) is 3.43. The van der Waals surface area contributed by atoms with Crippen LogP contribution < -0.4 is 0 Å². The second kappa shape index (κ2) is 4.06. The molecule has 0 saturated carbocycles. The van der Waals surface area contributed by atoms with Gasteiger partial charge in [-0.05, 0) is 26.9 Å². The van der Waals surface area contributed by atoms with Crippen molar-refractivity contribution in [2.24, 2.45) is 0 Å². The minimum Gasteiger partial charge on any atom is -0.480 e. The Morgan fingerprint density at radius 2 is 1.67 bits per heavy atom. The standard InChI is InChI=1S/C9H16N2O4/c1-10(2)9(7(12)13)3-5-11(6-4-9)8(14)15/h3-6H2,1-2H3,(H,12,13)(H,14,15). The number of likely N-dealkylation sites (tertiary alicyclic amines) is 1. The van der Waals surface area contributed by atoms with Crippen molar-refractivity contribution in [3.63, 3.8) is 0 Å². The van der Waals surface area contributed by atoms with Crippen LogP contribution in [0.25, 0.3) is 0 Å². The van der Waals surface area contributed by atoms with Crippen molar-refractivity contribution in [1.82, 2.24) is 9.80 Å². The van der Waals surface area contributed by atoms with Gasteiger partial charge in [0.2, 0.25) is 0 Å². The Morgan fingerprint density at radius 3 is 1.93 bits per heavy atom. The summed E-state index contributed by atoms with van der Waals surface area (Å²) in [4.78, 5) is 24.8. The second-order valence-corrected chi connectivity index (χ2v) is 4.00. The number of hydrogen-bond donors (Lipinski definition) is 2. The third kappa shape index (κ3) is 2.04. The van der Waals surface area contributed by atoms with E-state index in [0.29, 0.717) is 12.8 Å². The molecule has 2 N–H and O–H groups in total. The Bertz CT molecular complexity index is 269. The average Bonchev–Trinajstić information content (AvgIpc) is 2.17. The number of amides is 1. The quantitative estimate of drug-likeness (QED) is 0.686. The predicted octanol–water partition coefficient (Wildman–Crippen LogP) is 0.145. The van der Waals surface area contributed by atoms with Crippen LogP contribution in [0.3, 0.4) is 0 Å². The topological polar surface area (TPSA) is 81.1 Å². The van der Waals surface area contributed by atoms with Crippen LogP contribution >= 0.6 is 0 Å². The normalized spacial score (nSPS) is 20.3. The molecule has 0 atom stereocenters. The summed E-state index contributed by atoms with van der Waals surface area (Å²) in [6.07, 6.45) is -0.309. The maximum absolute atomic E-state index is 11.2. The zero-order valence-electron chi connectivity index (χ0n) is 8.93. The molecule has 6 heteroatoms. The van der Waals surface area contributed by atoms with Gasteiger partial charge in [0.05, 0.1) is 0 Å². The number of hydrogen-bond acceptors (Lipinski definition) is 3. The highest BCUT2D eigenvalue weighted by Gasteiger charge is 2.44. The van der Waals surface area contributed by atoms with Gasteiger partial charge in [0.1, 0.15) is 5.54 Å². The molecule has 0 aromatic rings. The van der Waals surface area contributed by atoms with Crippen LogP contribution in [0, 0.1) is 0 Å². The molecule has 6 nitrogen and oxygen atoms in total. The van der Waals surface area contributed by atoms with E-state index in [1.54, 1.807) is 19.0 Å². The molecule has 1 aliphatic heterocycles. The lowest BCUT2D eigenvalue weighted by atomic mass is 9.86. The van der Waals surface area contributed by atoms with Gasteiger partial charge in [0.25, 0.3) is 0 Å². The molecule has 0 radical (unpaired) electrons. The van der Waals surface area contributed by atoms with Crippen molar-refractivity contribution < 1.29 is 19.8 Å². The first-order chi connectivity index (χ1) is 6.90. The zero-order chi connectivity index (χ0) is 11.6. The molecule has 0 bridgehead atoms. The van der Waals surface area contributed by atoms with Crippen molar-refractivity contribution in [3.05, 3.63) is 0 Å². The molecule has 0 spiro atoms. The molecular formula is C9H16N2O4. The molecular weight excluding hydrogens is 200 g/mol. The molecule has 0 unspecified atom stereocenters. The Hall–Kier alpha value is -1.30. The van der Waals surface area contributed by atoms with Gasteiger partial charge < -0.3 is 15.1 Å². The van der Waals surface area contributed by atoms with Crippen molar-refractivity contribution in [2.75, 3.05) is 27.2 Å². The molecule has 0 aromatic heterocycles. The lowest BCUT2D eigenvalue weighted by Crippen LogP contribution is -2.58. The fourth-order valence-corrected chi connectivity index (χ4v) is 1.92. The first-order valence-corrected chi connectivity index (χ1v) is 4.79. The number of carboxylic acids is 1. The molecule has 1 rings (SSSR count). The van der Waals surface area contributed by atoms with Gasteiger partial charge >= 0.3 is 12.1 Å². The molecule has 1 saturated heterocycles. The number of carbonyl (C=O) groups is 2. The Labute approximate surface area is 88.1 Å². The van der Waals surface area contributed by atoms with Gasteiger partial charge in [-0.3, -0.25) is 9.69 Å². The third-order valence-electron chi connectivity index (χ3n) is 3.12. The van der Waals surface area contributed by atoms with Crippen LogP contribution in [-0.4, -0.2) is 64.8 Å². The van der Waals surface area contributed by atoms with Crippen molar-refractivity contribution in [1.29, 1.82) is 0 Å². The van der Waals surface area contributed by atoms with Gasteiger partial charge in [-0.15, -0.1) is 0 Å². The fourth-order valence-electron chi connectivity index (χ4n) is 1.92. The van der Waals surface area contributed by atoms with Gasteiger partial charge in [-0.25, -0.2) is 4.79 Å². The van der Waals surface area contributed by atoms with E-state index in [9.17, 15) is 14.7 Å². The van der Waals surface area contributed by atoms with Crippen molar-refractivity contribution in [2.45, 2.75) is 18.4 Å². The molecule has 1 fully saturated rings. The SMILES string of the molecule is CN(C)C1(C(=O)O)CCN(C(=O)O)CC1. The Morgan fingerprint density at radius 1 is 1.20 bits per heavy atom. The van der Waals surface area contributed by atoms with Gasteiger partial charge in [-0.2, -0.15) is 0 Å². The molecule has 1 amide bonds. The van der Waals surface area contributed by atoms with E-state index in [1.165, 1.54) is 4.90 Å². The van der Waals surface area contributed by atoms with E-state index < -0.39 is 17.6 Å². The van der Waals surface area contributed by atoms with Crippen LogP contribution in [0.1, 0.15) is 12.8 Å². The van der Waals surface area contributed by atoms with Crippen molar-refractivity contribution >= 4 is 12.1 Å². The van der Waals surface area contributed by atoms with E-state index in [0.717, 1.165) is 0 Å². The lowest BCUT2D eigenvalue weighted by molar-refractivity contribution is -0.152. The highest BCUT2D eigenvalue weighted by atomic mass is 16.4. The fraction of sp³-hybridized carbons (Fsp3) is 0.778. The Balaban J connectivity index is 2.74. The summed E-state index contributed by atoms with van der Waals surface area (Å²) < 4.78 is 0. The average molecular weight is 216 g/mol. The summed E-state index contributed by atoms with van der Waals surface area (Å²) in [5.74, 6) is -0.877. The number of rotatable bonds is 2. The number of aliphatic carboxylic acids is 1. The summed E-state index contributed by atoms with van der Waals surface area (Å²) in [6, 6.07) is 0. The second-order valence-electron chi connectivity index (χ2n) is 4.00. The van der Waals surface area contributed by atoms with E-state index >= 15 is 0 Å². The number of piperidine rings is 1. The molecule has 1 aliphatic rings. The maximum atomic E-state index is 11.2. The monoisotopic (exact) mass is 216 g/mol. The predicted molar refractivity (Wildman–Crippen MR) is 52.9 cm³/mol. The van der Waals surface area contributed by atoms with E-state index in [2.05, 4.69) is 0 Å². The van der Waals surface area contributed by atoms with Crippen LogP contribution in [-0.2, 0) is 4.79 Å². The summed E-state index contributed by atoms with van der Waals surface area (Å²) in [6.45, 7) is 0.555. The molecule has 0 aliphatic carbocycles. The number of nitrogens with zero attached hydrogens (tertiary/aromatic N) is 2. The first kappa shape index (κ1) is 11.8. The van der Waals surface area contributed by atoms with Gasteiger partial charge in [-0.1, -0.05) is 0 Å². The minimum atomic E-state index is -0.979. The van der Waals surface area contributed by atoms with Gasteiger partial charge in [0, 0.05) is 13.1 Å². The van der Waals surface area contributed by atoms with Gasteiger partial charge in [0.15, 0.2) is 0 Å². The van der Waals surface area contributed by atoms with Crippen LogP contribution in [0.2, 0.25) is 0 Å². The highest BCUT2D eigenvalue weighted by Crippen LogP contribution is 2.27. The molecule has 0 aromatic carbocycles. The summed E-state index contributed by atoms with van der Waals surface area (Å²) >= 11 is 0. The van der Waals surface area contributed by atoms with Crippen LogP contribution in [0.4, 0.5) is 4.79 Å². The zero-order valence-corrected chi connectivity index (χ0v) is 8.93. The molecule has 15 heavy (non-hydrogen) atoms. The lowest BCUT2D eigenvalue weighted by Gasteiger charge is -2.41. The first-order valence-electron chi connectivity index (χ1n) is 4.79. The summed E-state index contributed by atoms with van der Waals surface area (Å²) in [5.41, 5.74) is -0.911. The molecule has 86 valence electrons. The molecule has 1 heterocycles. The highest BCUT2D eigenvalue weighted by molar-refractivity contribution is 5.79. The maximum Gasteiger partial charge on any atom is 0.407 e. The Kier molecular flexibility index (Phi) is 3.18. The minimum absolute atomic E-state index is 0.278. The van der Waals surface area contributed by atoms with E-state index in [-0.39, 0.29) is 13.1 Å². The smallest absolute Gasteiger partial charge is 0.407 e. The third-order valence-corrected chi connectivity index (χ3v) is 3.12. The summed E-state index contributed by atoms with van der Waals surface area (Å²) in [5, 5.41) is 17.9. The largest absolute Gasteiger partial charge is 0.480 e. The van der Waals surface area contributed by atoms with Crippen LogP contribution in [0.5, 0.6) is 0 Å². The van der Waals surface area contributed by atoms with E-state index in [1.807, 2.05) is 0 Å².